The first-order chi connectivity index (χ1) is 10.3. The van der Waals surface area contributed by atoms with Crippen LogP contribution in [0.25, 0.3) is 10.8 Å². The summed E-state index contributed by atoms with van der Waals surface area (Å²) in [6.45, 7) is 2.09. The molecule has 0 unspecified atom stereocenters. The number of nitrogens with zero attached hydrogens (tertiary/aromatic N) is 1. The van der Waals surface area contributed by atoms with E-state index < -0.39 is 0 Å². The molecule has 2 heteroatoms. The van der Waals surface area contributed by atoms with Crippen molar-refractivity contribution < 1.29 is 4.79 Å². The average molecular weight is 275 g/mol. The molecule has 1 heterocycles. The van der Waals surface area contributed by atoms with Gasteiger partial charge in [-0.05, 0) is 34.9 Å². The molecular formula is C19H17NO. The van der Waals surface area contributed by atoms with E-state index in [0.717, 1.165) is 28.5 Å². The fourth-order valence-corrected chi connectivity index (χ4v) is 2.40. The second-order valence-corrected chi connectivity index (χ2v) is 5.17. The molecule has 0 radical (unpaired) electrons. The number of hydrogen-bond acceptors (Lipinski definition) is 2. The van der Waals surface area contributed by atoms with Gasteiger partial charge in [0, 0.05) is 17.5 Å². The van der Waals surface area contributed by atoms with Gasteiger partial charge in [-0.25, -0.2) is 0 Å². The minimum Gasteiger partial charge on any atom is -0.294 e. The Morgan fingerprint density at radius 1 is 1.00 bits per heavy atom. The van der Waals surface area contributed by atoms with Crippen LogP contribution in [0.3, 0.4) is 0 Å². The molecule has 0 atom stereocenters. The number of aryl methyl sites for hydroxylation is 1. The summed E-state index contributed by atoms with van der Waals surface area (Å²) in [4.78, 5) is 16.7. The zero-order chi connectivity index (χ0) is 14.7. The van der Waals surface area contributed by atoms with Crippen LogP contribution in [0.1, 0.15) is 28.5 Å². The summed E-state index contributed by atoms with van der Waals surface area (Å²) < 4.78 is 0. The number of carbonyl (C=O) groups is 1. The Labute approximate surface area is 124 Å². The van der Waals surface area contributed by atoms with E-state index in [1.807, 2.05) is 54.7 Å². The Morgan fingerprint density at radius 2 is 1.81 bits per heavy atom. The van der Waals surface area contributed by atoms with Crippen molar-refractivity contribution in [2.24, 2.45) is 0 Å². The fourth-order valence-electron chi connectivity index (χ4n) is 2.40. The van der Waals surface area contributed by atoms with Gasteiger partial charge in [-0.3, -0.25) is 9.78 Å². The molecule has 104 valence electrons. The van der Waals surface area contributed by atoms with Crippen molar-refractivity contribution in [1.82, 2.24) is 4.98 Å². The minimum atomic E-state index is 0.109. The maximum Gasteiger partial charge on any atom is 0.168 e. The maximum absolute atomic E-state index is 12.4. The van der Waals surface area contributed by atoms with Crippen molar-refractivity contribution in [2.45, 2.75) is 19.8 Å². The first-order valence-electron chi connectivity index (χ1n) is 7.22. The first kappa shape index (κ1) is 13.5. The summed E-state index contributed by atoms with van der Waals surface area (Å²) in [6.07, 6.45) is 3.16. The highest BCUT2D eigenvalue weighted by Gasteiger charge is 2.08. The highest BCUT2D eigenvalue weighted by molar-refractivity contribution is 6.00. The van der Waals surface area contributed by atoms with E-state index in [0.29, 0.717) is 6.42 Å². The van der Waals surface area contributed by atoms with Crippen LogP contribution in [0.2, 0.25) is 0 Å². The van der Waals surface area contributed by atoms with Gasteiger partial charge in [0.05, 0.1) is 6.42 Å². The Kier molecular flexibility index (Phi) is 3.78. The molecular weight excluding hydrogens is 258 g/mol. The summed E-state index contributed by atoms with van der Waals surface area (Å²) in [5.74, 6) is 0.109. The van der Waals surface area contributed by atoms with Gasteiger partial charge in [-0.1, -0.05) is 49.4 Å². The van der Waals surface area contributed by atoms with E-state index >= 15 is 0 Å². The van der Waals surface area contributed by atoms with Crippen LogP contribution in [0.15, 0.2) is 60.8 Å². The summed E-state index contributed by atoms with van der Waals surface area (Å²) in [6, 6.07) is 17.9. The van der Waals surface area contributed by atoms with Crippen molar-refractivity contribution in [3.05, 3.63) is 77.6 Å². The van der Waals surface area contributed by atoms with Crippen molar-refractivity contribution in [3.8, 4) is 0 Å². The van der Waals surface area contributed by atoms with Crippen LogP contribution in [0.5, 0.6) is 0 Å². The predicted octanol–water partition coefficient (Wildman–Crippen LogP) is 4.22. The summed E-state index contributed by atoms with van der Waals surface area (Å²) in [5, 5.41) is 2.25. The van der Waals surface area contributed by atoms with Gasteiger partial charge < -0.3 is 0 Å². The molecule has 0 saturated carbocycles. The maximum atomic E-state index is 12.4. The number of pyridine rings is 1. The zero-order valence-electron chi connectivity index (χ0n) is 12.0. The predicted molar refractivity (Wildman–Crippen MR) is 85.6 cm³/mol. The molecule has 3 rings (SSSR count). The second kappa shape index (κ2) is 5.88. The second-order valence-electron chi connectivity index (χ2n) is 5.17. The van der Waals surface area contributed by atoms with Crippen molar-refractivity contribution in [3.63, 3.8) is 0 Å². The number of ketones is 1. The number of Topliss-reactive ketones (excluding diaryl/α,β-unsaturated/α-hetero) is 1. The topological polar surface area (TPSA) is 30.0 Å². The summed E-state index contributed by atoms with van der Waals surface area (Å²) >= 11 is 0. The smallest absolute Gasteiger partial charge is 0.168 e. The average Bonchev–Trinajstić information content (AvgIpc) is 2.55. The SMILES string of the molecule is CCc1ccc(CC(=O)c2ccc3ccccc3c2)nc1. The van der Waals surface area contributed by atoms with Crippen LogP contribution in [-0.2, 0) is 12.8 Å². The molecule has 0 aliphatic heterocycles. The molecule has 1 aromatic heterocycles. The van der Waals surface area contributed by atoms with Crippen LogP contribution >= 0.6 is 0 Å². The highest BCUT2D eigenvalue weighted by atomic mass is 16.1. The molecule has 21 heavy (non-hydrogen) atoms. The van der Waals surface area contributed by atoms with E-state index in [1.54, 1.807) is 0 Å². The number of aromatic nitrogens is 1. The summed E-state index contributed by atoms with van der Waals surface area (Å²) in [5.41, 5.74) is 2.76. The number of carbonyl (C=O) groups excluding carboxylic acids is 1. The molecule has 0 fully saturated rings. The largest absolute Gasteiger partial charge is 0.294 e. The Morgan fingerprint density at radius 3 is 2.52 bits per heavy atom. The molecule has 2 nitrogen and oxygen atoms in total. The molecule has 0 amide bonds. The lowest BCUT2D eigenvalue weighted by Gasteiger charge is -2.04. The zero-order valence-corrected chi connectivity index (χ0v) is 12.0. The highest BCUT2D eigenvalue weighted by Crippen LogP contribution is 2.17. The third-order valence-corrected chi connectivity index (χ3v) is 3.71. The van der Waals surface area contributed by atoms with Crippen molar-refractivity contribution >= 4 is 16.6 Å². The molecule has 0 spiro atoms. The molecule has 3 aromatic rings. The lowest BCUT2D eigenvalue weighted by atomic mass is 10.0. The third-order valence-electron chi connectivity index (χ3n) is 3.71. The monoisotopic (exact) mass is 275 g/mol. The standard InChI is InChI=1S/C19H17NO/c1-2-14-7-10-18(20-13-14)12-19(21)17-9-8-15-5-3-4-6-16(15)11-17/h3-11,13H,2,12H2,1H3. The van der Waals surface area contributed by atoms with Gasteiger partial charge in [-0.15, -0.1) is 0 Å². The number of rotatable bonds is 4. The van der Waals surface area contributed by atoms with Gasteiger partial charge in [-0.2, -0.15) is 0 Å². The van der Waals surface area contributed by atoms with Gasteiger partial charge in [0.2, 0.25) is 0 Å². The Bertz CT molecular complexity index is 775. The Hall–Kier alpha value is -2.48. The van der Waals surface area contributed by atoms with E-state index in [9.17, 15) is 4.79 Å². The van der Waals surface area contributed by atoms with Crippen molar-refractivity contribution in [2.75, 3.05) is 0 Å². The van der Waals surface area contributed by atoms with Gasteiger partial charge in [0.15, 0.2) is 5.78 Å². The quantitative estimate of drug-likeness (QED) is 0.667. The summed E-state index contributed by atoms with van der Waals surface area (Å²) in [7, 11) is 0. The van der Waals surface area contributed by atoms with Gasteiger partial charge in [0.1, 0.15) is 0 Å². The number of hydrogen-bond donors (Lipinski definition) is 0. The van der Waals surface area contributed by atoms with Crippen LogP contribution < -0.4 is 0 Å². The first-order valence-corrected chi connectivity index (χ1v) is 7.22. The van der Waals surface area contributed by atoms with E-state index in [2.05, 4.69) is 18.0 Å². The fraction of sp³-hybridized carbons (Fsp3) is 0.158. The van der Waals surface area contributed by atoms with Crippen LogP contribution in [-0.4, -0.2) is 10.8 Å². The van der Waals surface area contributed by atoms with Crippen LogP contribution in [0, 0.1) is 0 Å². The lowest BCUT2D eigenvalue weighted by molar-refractivity contribution is 0.0992. The molecule has 0 aliphatic carbocycles. The normalized spacial score (nSPS) is 10.7. The Balaban J connectivity index is 1.82. The van der Waals surface area contributed by atoms with Crippen LogP contribution in [0.4, 0.5) is 0 Å². The molecule has 0 bridgehead atoms. The van der Waals surface area contributed by atoms with E-state index in [-0.39, 0.29) is 5.78 Å². The lowest BCUT2D eigenvalue weighted by Crippen LogP contribution is -2.05. The van der Waals surface area contributed by atoms with Gasteiger partial charge in [0.25, 0.3) is 0 Å². The van der Waals surface area contributed by atoms with Gasteiger partial charge >= 0.3 is 0 Å². The number of benzene rings is 2. The molecule has 2 aromatic carbocycles. The molecule has 0 N–H and O–H groups in total. The number of fused-ring (bicyclic) bond motifs is 1. The molecule has 0 saturated heterocycles. The van der Waals surface area contributed by atoms with Crippen molar-refractivity contribution in [1.29, 1.82) is 0 Å². The minimum absolute atomic E-state index is 0.109. The molecule has 0 aliphatic rings. The van der Waals surface area contributed by atoms with E-state index in [1.165, 1.54) is 5.56 Å². The van der Waals surface area contributed by atoms with E-state index in [4.69, 9.17) is 0 Å². The third kappa shape index (κ3) is 3.00.